The van der Waals surface area contributed by atoms with Gasteiger partial charge in [-0.1, -0.05) is 48.5 Å². The normalized spacial score (nSPS) is 15.5. The lowest BCUT2D eigenvalue weighted by molar-refractivity contribution is -0.123. The van der Waals surface area contributed by atoms with Gasteiger partial charge in [-0.2, -0.15) is 0 Å². The first-order valence-electron chi connectivity index (χ1n) is 9.24. The van der Waals surface area contributed by atoms with E-state index >= 15 is 0 Å². The number of imide groups is 1. The van der Waals surface area contributed by atoms with Gasteiger partial charge in [0, 0.05) is 5.56 Å². The molecule has 0 aliphatic carbocycles. The Kier molecular flexibility index (Phi) is 5.27. The van der Waals surface area contributed by atoms with Crippen LogP contribution in [0.1, 0.15) is 18.1 Å². The van der Waals surface area contributed by atoms with Gasteiger partial charge >= 0.3 is 0 Å². The average Bonchev–Trinajstić information content (AvgIpc) is 2.98. The topological polar surface area (TPSA) is 66.8 Å². The summed E-state index contributed by atoms with van der Waals surface area (Å²) in [4.78, 5) is 26.8. The summed E-state index contributed by atoms with van der Waals surface area (Å²) in [5, 5.41) is 12.2. The van der Waals surface area contributed by atoms with Crippen molar-refractivity contribution in [1.29, 1.82) is 0 Å². The largest absolute Gasteiger partial charge is 0.504 e. The molecule has 5 nitrogen and oxygen atoms in total. The number of rotatable bonds is 5. The predicted octanol–water partition coefficient (Wildman–Crippen LogP) is 5.18. The Labute approximate surface area is 172 Å². The smallest absolute Gasteiger partial charge is 0.293 e. The Morgan fingerprint density at radius 1 is 1.03 bits per heavy atom. The number of phenolic OH excluding ortho intramolecular Hbond substituents is 1. The Morgan fingerprint density at radius 3 is 2.62 bits per heavy atom. The number of fused-ring (bicyclic) bond motifs is 1. The third-order valence-corrected chi connectivity index (χ3v) is 5.55. The molecule has 0 saturated carbocycles. The zero-order valence-electron chi connectivity index (χ0n) is 15.8. The van der Waals surface area contributed by atoms with Crippen LogP contribution in [0.3, 0.4) is 0 Å². The maximum absolute atomic E-state index is 12.8. The van der Waals surface area contributed by atoms with Crippen molar-refractivity contribution >= 4 is 39.8 Å². The lowest BCUT2D eigenvalue weighted by atomic mass is 10.1. The summed E-state index contributed by atoms with van der Waals surface area (Å²) in [7, 11) is 0. The van der Waals surface area contributed by atoms with Crippen LogP contribution in [0.4, 0.5) is 4.79 Å². The van der Waals surface area contributed by atoms with E-state index in [-0.39, 0.29) is 28.3 Å². The molecule has 3 aromatic rings. The molecule has 1 heterocycles. The molecule has 0 atom stereocenters. The number of para-hydroxylation sites is 1. The van der Waals surface area contributed by atoms with Gasteiger partial charge in [0.2, 0.25) is 0 Å². The van der Waals surface area contributed by atoms with Gasteiger partial charge in [0.15, 0.2) is 11.5 Å². The molecule has 2 amide bonds. The summed E-state index contributed by atoms with van der Waals surface area (Å²) in [5.74, 6) is -0.0679. The van der Waals surface area contributed by atoms with Crippen LogP contribution in [0.15, 0.2) is 65.6 Å². The Bertz CT molecular complexity index is 1140. The van der Waals surface area contributed by atoms with Crippen LogP contribution in [-0.2, 0) is 11.3 Å². The number of phenols is 1. The lowest BCUT2D eigenvalue weighted by Gasteiger charge is -2.13. The fourth-order valence-corrected chi connectivity index (χ4v) is 4.05. The standard InChI is InChI=1S/C23H19NO4S/c1-2-28-19-9-5-8-18(21(19)25)13-20-22(26)24(23(27)29-20)14-15-10-11-16-6-3-4-7-17(16)12-15/h3-13,25H,2,14H2,1H3/b20-13-. The number of amides is 2. The number of hydrogen-bond acceptors (Lipinski definition) is 5. The van der Waals surface area contributed by atoms with E-state index in [4.69, 9.17) is 4.74 Å². The second kappa shape index (κ2) is 8.01. The molecule has 0 spiro atoms. The molecular formula is C23H19NO4S. The van der Waals surface area contributed by atoms with Gasteiger partial charge in [0.05, 0.1) is 18.1 Å². The van der Waals surface area contributed by atoms with E-state index < -0.39 is 0 Å². The number of nitrogens with zero attached hydrogens (tertiary/aromatic N) is 1. The van der Waals surface area contributed by atoms with Gasteiger partial charge in [-0.3, -0.25) is 14.5 Å². The van der Waals surface area contributed by atoms with E-state index in [0.29, 0.717) is 17.9 Å². The van der Waals surface area contributed by atoms with E-state index in [1.54, 1.807) is 18.2 Å². The van der Waals surface area contributed by atoms with Gasteiger partial charge in [-0.25, -0.2) is 0 Å². The second-order valence-electron chi connectivity index (χ2n) is 6.58. The minimum atomic E-state index is -0.366. The quantitative estimate of drug-likeness (QED) is 0.593. The van der Waals surface area contributed by atoms with Crippen LogP contribution >= 0.6 is 11.8 Å². The minimum absolute atomic E-state index is 0.0457. The van der Waals surface area contributed by atoms with Crippen molar-refractivity contribution in [3.05, 3.63) is 76.7 Å². The maximum atomic E-state index is 12.8. The molecule has 29 heavy (non-hydrogen) atoms. The first-order valence-corrected chi connectivity index (χ1v) is 10.1. The number of hydrogen-bond donors (Lipinski definition) is 1. The van der Waals surface area contributed by atoms with Gasteiger partial charge in [0.25, 0.3) is 11.1 Å². The van der Waals surface area contributed by atoms with E-state index in [1.165, 1.54) is 11.0 Å². The molecule has 0 aromatic heterocycles. The van der Waals surface area contributed by atoms with Gasteiger partial charge < -0.3 is 9.84 Å². The maximum Gasteiger partial charge on any atom is 0.293 e. The summed E-state index contributed by atoms with van der Waals surface area (Å²) in [6, 6.07) is 18.9. The zero-order chi connectivity index (χ0) is 20.4. The molecule has 1 aliphatic heterocycles. The van der Waals surface area contributed by atoms with Crippen LogP contribution in [0.2, 0.25) is 0 Å². The number of carbonyl (C=O) groups excluding carboxylic acids is 2. The Morgan fingerprint density at radius 2 is 1.83 bits per heavy atom. The average molecular weight is 405 g/mol. The van der Waals surface area contributed by atoms with Crippen molar-refractivity contribution in [2.45, 2.75) is 13.5 Å². The van der Waals surface area contributed by atoms with Crippen molar-refractivity contribution in [1.82, 2.24) is 4.90 Å². The highest BCUT2D eigenvalue weighted by Gasteiger charge is 2.35. The van der Waals surface area contributed by atoms with E-state index in [9.17, 15) is 14.7 Å². The highest BCUT2D eigenvalue weighted by Crippen LogP contribution is 2.37. The third kappa shape index (κ3) is 3.84. The van der Waals surface area contributed by atoms with Crippen LogP contribution in [-0.4, -0.2) is 27.8 Å². The number of benzene rings is 3. The molecule has 146 valence electrons. The van der Waals surface area contributed by atoms with Crippen molar-refractivity contribution in [3.63, 3.8) is 0 Å². The van der Waals surface area contributed by atoms with Crippen LogP contribution in [0, 0.1) is 0 Å². The summed E-state index contributed by atoms with van der Waals surface area (Å²) in [6.07, 6.45) is 1.53. The van der Waals surface area contributed by atoms with Crippen LogP contribution in [0.5, 0.6) is 11.5 Å². The third-order valence-electron chi connectivity index (χ3n) is 4.64. The van der Waals surface area contributed by atoms with E-state index in [1.807, 2.05) is 49.4 Å². The fourth-order valence-electron chi connectivity index (χ4n) is 3.22. The Hall–Kier alpha value is -3.25. The highest BCUT2D eigenvalue weighted by atomic mass is 32.2. The summed E-state index contributed by atoms with van der Waals surface area (Å²) >= 11 is 0.874. The summed E-state index contributed by atoms with van der Waals surface area (Å²) in [6.45, 7) is 2.45. The van der Waals surface area contributed by atoms with Gasteiger partial charge in [-0.05, 0) is 53.2 Å². The molecule has 6 heteroatoms. The lowest BCUT2D eigenvalue weighted by Crippen LogP contribution is -2.27. The minimum Gasteiger partial charge on any atom is -0.504 e. The SMILES string of the molecule is CCOc1cccc(/C=C2\SC(=O)N(Cc3ccc4ccccc4c3)C2=O)c1O. The van der Waals surface area contributed by atoms with Crippen molar-refractivity contribution < 1.29 is 19.4 Å². The first kappa shape index (κ1) is 19.1. The van der Waals surface area contributed by atoms with Crippen molar-refractivity contribution in [2.75, 3.05) is 6.61 Å². The fraction of sp³-hybridized carbons (Fsp3) is 0.130. The molecule has 3 aromatic carbocycles. The van der Waals surface area contributed by atoms with E-state index in [0.717, 1.165) is 28.1 Å². The summed E-state index contributed by atoms with van der Waals surface area (Å²) in [5.41, 5.74) is 1.32. The Balaban J connectivity index is 1.58. The number of thioether (sulfide) groups is 1. The molecule has 1 aliphatic rings. The monoisotopic (exact) mass is 405 g/mol. The molecule has 1 fully saturated rings. The van der Waals surface area contributed by atoms with Crippen LogP contribution < -0.4 is 4.74 Å². The number of ether oxygens (including phenoxy) is 1. The van der Waals surface area contributed by atoms with Crippen molar-refractivity contribution in [3.8, 4) is 11.5 Å². The zero-order valence-corrected chi connectivity index (χ0v) is 16.6. The molecule has 0 bridgehead atoms. The molecule has 0 unspecified atom stereocenters. The number of carbonyl (C=O) groups is 2. The van der Waals surface area contributed by atoms with Crippen molar-refractivity contribution in [2.24, 2.45) is 0 Å². The van der Waals surface area contributed by atoms with Gasteiger partial charge in [0.1, 0.15) is 0 Å². The van der Waals surface area contributed by atoms with Crippen LogP contribution in [0.25, 0.3) is 16.8 Å². The summed E-state index contributed by atoms with van der Waals surface area (Å²) < 4.78 is 5.38. The molecule has 1 saturated heterocycles. The first-order chi connectivity index (χ1) is 14.1. The highest BCUT2D eigenvalue weighted by molar-refractivity contribution is 8.18. The van der Waals surface area contributed by atoms with Gasteiger partial charge in [-0.15, -0.1) is 0 Å². The molecular weight excluding hydrogens is 386 g/mol. The molecule has 4 rings (SSSR count). The number of aromatic hydroxyl groups is 1. The molecule has 0 radical (unpaired) electrons. The molecule has 1 N–H and O–H groups in total. The predicted molar refractivity (Wildman–Crippen MR) is 115 cm³/mol. The van der Waals surface area contributed by atoms with E-state index in [2.05, 4.69) is 0 Å². The second-order valence-corrected chi connectivity index (χ2v) is 7.57.